The lowest BCUT2D eigenvalue weighted by Crippen LogP contribution is -2.42. The summed E-state index contributed by atoms with van der Waals surface area (Å²) in [5.74, 6) is 1.02. The van der Waals surface area contributed by atoms with Crippen molar-refractivity contribution in [3.63, 3.8) is 0 Å². The SMILES string of the molecule is CC(=O)c1ccc(OCC(O)CN2C(=O)NC(C)(c3ccc4c(c3)OCCO4)C2=O)cc1. The average molecular weight is 440 g/mol. The van der Waals surface area contributed by atoms with Crippen LogP contribution in [0.2, 0.25) is 0 Å². The van der Waals surface area contributed by atoms with Crippen LogP contribution < -0.4 is 19.5 Å². The predicted octanol–water partition coefficient (Wildman–Crippen LogP) is 1.87. The first-order chi connectivity index (χ1) is 15.3. The minimum atomic E-state index is -1.30. The van der Waals surface area contributed by atoms with E-state index in [2.05, 4.69) is 5.32 Å². The van der Waals surface area contributed by atoms with E-state index in [1.165, 1.54) is 6.92 Å². The highest BCUT2D eigenvalue weighted by atomic mass is 16.6. The van der Waals surface area contributed by atoms with Crippen molar-refractivity contribution in [2.24, 2.45) is 0 Å². The molecule has 2 unspecified atom stereocenters. The normalized spacial score (nSPS) is 20.7. The number of carbonyl (C=O) groups excluding carboxylic acids is 3. The molecule has 2 heterocycles. The quantitative estimate of drug-likeness (QED) is 0.499. The van der Waals surface area contributed by atoms with Crippen LogP contribution in [0.25, 0.3) is 0 Å². The number of rotatable bonds is 7. The number of urea groups is 1. The summed E-state index contributed by atoms with van der Waals surface area (Å²) in [5, 5.41) is 13.1. The number of benzene rings is 2. The van der Waals surface area contributed by atoms with E-state index in [0.29, 0.717) is 41.6 Å². The van der Waals surface area contributed by atoms with Gasteiger partial charge in [-0.25, -0.2) is 4.79 Å². The molecule has 168 valence electrons. The van der Waals surface area contributed by atoms with Gasteiger partial charge in [0, 0.05) is 5.56 Å². The lowest BCUT2D eigenvalue weighted by Gasteiger charge is -2.25. The van der Waals surface area contributed by atoms with Crippen LogP contribution in [0, 0.1) is 0 Å². The van der Waals surface area contributed by atoms with Gasteiger partial charge >= 0.3 is 6.03 Å². The maximum Gasteiger partial charge on any atom is 0.325 e. The van der Waals surface area contributed by atoms with E-state index in [0.717, 1.165) is 4.90 Å². The first kappa shape index (κ1) is 21.6. The van der Waals surface area contributed by atoms with Gasteiger partial charge in [-0.05, 0) is 55.8 Å². The number of ketones is 1. The number of ether oxygens (including phenoxy) is 3. The standard InChI is InChI=1S/C23H24N2O7/c1-14(26)15-3-6-18(7-4-15)32-13-17(27)12-25-21(28)23(2,24-22(25)29)16-5-8-19-20(11-16)31-10-9-30-19/h3-8,11,17,27H,9-10,12-13H2,1-2H3,(H,24,29). The van der Waals surface area contributed by atoms with Crippen LogP contribution in [-0.2, 0) is 10.3 Å². The number of carbonyl (C=O) groups is 3. The van der Waals surface area contributed by atoms with Gasteiger partial charge in [0.25, 0.3) is 5.91 Å². The molecular weight excluding hydrogens is 416 g/mol. The topological polar surface area (TPSA) is 114 Å². The summed E-state index contributed by atoms with van der Waals surface area (Å²) in [4.78, 5) is 37.9. The molecular formula is C23H24N2O7. The molecule has 2 atom stereocenters. The van der Waals surface area contributed by atoms with Crippen LogP contribution in [0.5, 0.6) is 17.2 Å². The number of fused-ring (bicyclic) bond motifs is 1. The molecule has 2 aromatic rings. The van der Waals surface area contributed by atoms with Gasteiger partial charge in [0.05, 0.1) is 6.54 Å². The maximum atomic E-state index is 13.1. The monoisotopic (exact) mass is 440 g/mol. The second kappa shape index (κ2) is 8.51. The van der Waals surface area contributed by atoms with Gasteiger partial charge in [0.2, 0.25) is 0 Å². The van der Waals surface area contributed by atoms with E-state index in [4.69, 9.17) is 14.2 Å². The molecule has 32 heavy (non-hydrogen) atoms. The number of nitrogens with zero attached hydrogens (tertiary/aromatic N) is 1. The zero-order valence-corrected chi connectivity index (χ0v) is 17.8. The predicted molar refractivity (Wildman–Crippen MR) is 113 cm³/mol. The third-order valence-corrected chi connectivity index (χ3v) is 5.49. The Labute approximate surface area is 184 Å². The molecule has 3 amide bonds. The molecule has 2 aromatic carbocycles. The van der Waals surface area contributed by atoms with Crippen molar-refractivity contribution in [3.8, 4) is 17.2 Å². The summed E-state index contributed by atoms with van der Waals surface area (Å²) in [6.45, 7) is 3.58. The molecule has 4 rings (SSSR count). The molecule has 1 fully saturated rings. The van der Waals surface area contributed by atoms with Gasteiger partial charge in [-0.1, -0.05) is 6.07 Å². The van der Waals surface area contributed by atoms with Gasteiger partial charge in [0.1, 0.15) is 37.2 Å². The van der Waals surface area contributed by atoms with Crippen LogP contribution in [0.3, 0.4) is 0 Å². The largest absolute Gasteiger partial charge is 0.491 e. The Morgan fingerprint density at radius 2 is 1.84 bits per heavy atom. The molecule has 2 aliphatic heterocycles. The maximum absolute atomic E-state index is 13.1. The Morgan fingerprint density at radius 1 is 1.16 bits per heavy atom. The van der Waals surface area contributed by atoms with Gasteiger partial charge in [-0.3, -0.25) is 14.5 Å². The lowest BCUT2D eigenvalue weighted by molar-refractivity contribution is -0.132. The van der Waals surface area contributed by atoms with Crippen LogP contribution >= 0.6 is 0 Å². The van der Waals surface area contributed by atoms with Crippen molar-refractivity contribution in [3.05, 3.63) is 53.6 Å². The minimum absolute atomic E-state index is 0.0591. The first-order valence-corrected chi connectivity index (χ1v) is 10.2. The van der Waals surface area contributed by atoms with Gasteiger partial charge < -0.3 is 24.6 Å². The van der Waals surface area contributed by atoms with E-state index in [-0.39, 0.29) is 18.9 Å². The lowest BCUT2D eigenvalue weighted by atomic mass is 9.91. The van der Waals surface area contributed by atoms with E-state index in [9.17, 15) is 19.5 Å². The summed E-state index contributed by atoms with van der Waals surface area (Å²) in [6, 6.07) is 11.0. The smallest absolute Gasteiger partial charge is 0.325 e. The molecule has 0 aromatic heterocycles. The Balaban J connectivity index is 1.40. The van der Waals surface area contributed by atoms with Gasteiger partial charge in [0.15, 0.2) is 17.3 Å². The average Bonchev–Trinajstić information content (AvgIpc) is 3.01. The van der Waals surface area contributed by atoms with E-state index >= 15 is 0 Å². The fourth-order valence-corrected chi connectivity index (χ4v) is 3.65. The Kier molecular flexibility index (Phi) is 5.75. The number of nitrogens with one attached hydrogen (secondary N) is 1. The Hall–Kier alpha value is -3.59. The van der Waals surface area contributed by atoms with Crippen molar-refractivity contribution in [2.45, 2.75) is 25.5 Å². The molecule has 0 spiro atoms. The molecule has 2 N–H and O–H groups in total. The molecule has 2 aliphatic rings. The second-order valence-corrected chi connectivity index (χ2v) is 7.87. The molecule has 0 bridgehead atoms. The van der Waals surface area contributed by atoms with E-state index < -0.39 is 23.6 Å². The molecule has 1 saturated heterocycles. The molecule has 0 aliphatic carbocycles. The van der Waals surface area contributed by atoms with Crippen LogP contribution in [-0.4, -0.2) is 60.2 Å². The highest BCUT2D eigenvalue weighted by Gasteiger charge is 2.49. The molecule has 9 nitrogen and oxygen atoms in total. The summed E-state index contributed by atoms with van der Waals surface area (Å²) in [6.07, 6.45) is -1.10. The number of hydrogen-bond acceptors (Lipinski definition) is 7. The Bertz CT molecular complexity index is 1050. The van der Waals surface area contributed by atoms with E-state index in [1.54, 1.807) is 49.4 Å². The first-order valence-electron chi connectivity index (χ1n) is 10.2. The van der Waals surface area contributed by atoms with E-state index in [1.807, 2.05) is 0 Å². The minimum Gasteiger partial charge on any atom is -0.491 e. The number of β-amino-alcohol motifs (C(OH)–C–C–N with tert-alkyl or cyclic N) is 1. The zero-order chi connectivity index (χ0) is 22.9. The summed E-state index contributed by atoms with van der Waals surface area (Å²) in [7, 11) is 0. The van der Waals surface area contributed by atoms with Crippen LogP contribution in [0.4, 0.5) is 4.79 Å². The summed E-state index contributed by atoms with van der Waals surface area (Å²) >= 11 is 0. The number of aliphatic hydroxyl groups is 1. The van der Waals surface area contributed by atoms with Crippen LogP contribution in [0.1, 0.15) is 29.8 Å². The summed E-state index contributed by atoms with van der Waals surface area (Å²) < 4.78 is 16.6. The third kappa shape index (κ3) is 4.11. The van der Waals surface area contributed by atoms with Crippen molar-refractivity contribution in [1.29, 1.82) is 0 Å². The number of imide groups is 1. The van der Waals surface area contributed by atoms with Crippen molar-refractivity contribution >= 4 is 17.7 Å². The van der Waals surface area contributed by atoms with Gasteiger partial charge in [-0.2, -0.15) is 0 Å². The van der Waals surface area contributed by atoms with Gasteiger partial charge in [-0.15, -0.1) is 0 Å². The molecule has 0 radical (unpaired) electrons. The fourth-order valence-electron chi connectivity index (χ4n) is 3.65. The Morgan fingerprint density at radius 3 is 2.53 bits per heavy atom. The second-order valence-electron chi connectivity index (χ2n) is 7.87. The van der Waals surface area contributed by atoms with Crippen molar-refractivity contribution < 1.29 is 33.7 Å². The summed E-state index contributed by atoms with van der Waals surface area (Å²) in [5.41, 5.74) is -0.190. The molecule has 0 saturated carbocycles. The van der Waals surface area contributed by atoms with Crippen molar-refractivity contribution in [2.75, 3.05) is 26.4 Å². The van der Waals surface area contributed by atoms with Crippen LogP contribution in [0.15, 0.2) is 42.5 Å². The van der Waals surface area contributed by atoms with Crippen molar-refractivity contribution in [1.82, 2.24) is 10.2 Å². The third-order valence-electron chi connectivity index (χ3n) is 5.49. The number of aliphatic hydroxyl groups excluding tert-OH is 1. The highest BCUT2D eigenvalue weighted by Crippen LogP contribution is 2.36. The number of hydrogen-bond donors (Lipinski definition) is 2. The zero-order valence-electron chi connectivity index (χ0n) is 17.8. The number of amides is 3. The molecule has 9 heteroatoms. The fraction of sp³-hybridized carbons (Fsp3) is 0.348. The highest BCUT2D eigenvalue weighted by molar-refractivity contribution is 6.07. The number of Topliss-reactive ketones (excluding diaryl/α,β-unsaturated/α-hetero) is 1.